The van der Waals surface area contributed by atoms with Gasteiger partial charge in [-0.15, -0.1) is 11.3 Å². The maximum atomic E-state index is 11.5. The highest BCUT2D eigenvalue weighted by atomic mass is 32.1. The second-order valence-electron chi connectivity index (χ2n) is 3.84. The molecular weight excluding hydrogens is 238 g/mol. The minimum absolute atomic E-state index is 0.175. The van der Waals surface area contributed by atoms with Crippen LogP contribution in [-0.2, 0) is 16.0 Å². The molecule has 1 rings (SSSR count). The van der Waals surface area contributed by atoms with Gasteiger partial charge < -0.3 is 15.8 Å². The van der Waals surface area contributed by atoms with Gasteiger partial charge in [0.15, 0.2) is 0 Å². The molecule has 0 radical (unpaired) electrons. The lowest BCUT2D eigenvalue weighted by molar-refractivity contribution is -0.123. The van der Waals surface area contributed by atoms with Crippen LogP contribution in [0.4, 0.5) is 0 Å². The Labute approximate surface area is 105 Å². The van der Waals surface area contributed by atoms with Gasteiger partial charge in [-0.05, 0) is 13.8 Å². The predicted octanol–water partition coefficient (Wildman–Crippen LogP) is 0.392. The van der Waals surface area contributed by atoms with E-state index in [0.29, 0.717) is 6.54 Å². The molecule has 0 fully saturated rings. The molecule has 3 N–H and O–H groups in total. The van der Waals surface area contributed by atoms with Gasteiger partial charge in [0, 0.05) is 25.0 Å². The number of aryl methyl sites for hydroxylation is 2. The van der Waals surface area contributed by atoms with Crippen molar-refractivity contribution in [3.63, 3.8) is 0 Å². The number of thiazole rings is 1. The summed E-state index contributed by atoms with van der Waals surface area (Å²) >= 11 is 1.67. The molecule has 0 aliphatic heterocycles. The molecule has 1 amide bonds. The number of hydrogen-bond donors (Lipinski definition) is 2. The molecule has 0 saturated heterocycles. The number of hydrogen-bond acceptors (Lipinski definition) is 5. The monoisotopic (exact) mass is 257 g/mol. The summed E-state index contributed by atoms with van der Waals surface area (Å²) in [4.78, 5) is 17.0. The highest BCUT2D eigenvalue weighted by molar-refractivity contribution is 7.11. The summed E-state index contributed by atoms with van der Waals surface area (Å²) < 4.78 is 4.82. The van der Waals surface area contributed by atoms with Gasteiger partial charge in [0.25, 0.3) is 0 Å². The first-order valence-corrected chi connectivity index (χ1v) is 6.31. The molecule has 0 aliphatic carbocycles. The van der Waals surface area contributed by atoms with Crippen molar-refractivity contribution >= 4 is 17.2 Å². The average molecular weight is 257 g/mol. The lowest BCUT2D eigenvalue weighted by Gasteiger charge is -2.10. The Bertz CT molecular complexity index is 379. The van der Waals surface area contributed by atoms with Gasteiger partial charge in [-0.2, -0.15) is 0 Å². The molecular formula is C11H19N3O2S. The standard InChI is InChI=1S/C11H19N3O2S/c1-7-10(17-8(2)14-7)4-5-13-11(15)9(12)6-16-3/h9H,4-6,12H2,1-3H3,(H,13,15). The lowest BCUT2D eigenvalue weighted by Crippen LogP contribution is -2.44. The zero-order chi connectivity index (χ0) is 12.8. The molecule has 0 spiro atoms. The van der Waals surface area contributed by atoms with E-state index in [1.54, 1.807) is 11.3 Å². The molecule has 0 aromatic carbocycles. The zero-order valence-electron chi connectivity index (χ0n) is 10.4. The number of methoxy groups -OCH3 is 1. The largest absolute Gasteiger partial charge is 0.383 e. The highest BCUT2D eigenvalue weighted by Gasteiger charge is 2.12. The topological polar surface area (TPSA) is 77.2 Å². The van der Waals surface area contributed by atoms with Crippen molar-refractivity contribution in [2.45, 2.75) is 26.3 Å². The second-order valence-corrected chi connectivity index (χ2v) is 5.13. The van der Waals surface area contributed by atoms with Crippen LogP contribution in [0.25, 0.3) is 0 Å². The normalized spacial score (nSPS) is 12.5. The maximum absolute atomic E-state index is 11.5. The summed E-state index contributed by atoms with van der Waals surface area (Å²) in [6, 6.07) is -0.593. The minimum Gasteiger partial charge on any atom is -0.383 e. The third kappa shape index (κ3) is 4.41. The van der Waals surface area contributed by atoms with Crippen molar-refractivity contribution in [2.75, 3.05) is 20.3 Å². The van der Waals surface area contributed by atoms with E-state index in [1.807, 2.05) is 13.8 Å². The maximum Gasteiger partial charge on any atom is 0.239 e. The van der Waals surface area contributed by atoms with Crippen molar-refractivity contribution in [2.24, 2.45) is 5.73 Å². The number of amides is 1. The molecule has 17 heavy (non-hydrogen) atoms. The fraction of sp³-hybridized carbons (Fsp3) is 0.636. The Hall–Kier alpha value is -0.980. The van der Waals surface area contributed by atoms with Gasteiger partial charge in [0.05, 0.1) is 17.3 Å². The number of carbonyl (C=O) groups excluding carboxylic acids is 1. The molecule has 5 nitrogen and oxygen atoms in total. The van der Waals surface area contributed by atoms with E-state index < -0.39 is 6.04 Å². The molecule has 0 aliphatic rings. The summed E-state index contributed by atoms with van der Waals surface area (Å²) in [6.45, 7) is 4.79. The SMILES string of the molecule is COCC(N)C(=O)NCCc1sc(C)nc1C. The van der Waals surface area contributed by atoms with Crippen molar-refractivity contribution in [1.29, 1.82) is 0 Å². The van der Waals surface area contributed by atoms with Gasteiger partial charge in [-0.1, -0.05) is 0 Å². The van der Waals surface area contributed by atoms with Crippen molar-refractivity contribution in [3.8, 4) is 0 Å². The van der Waals surface area contributed by atoms with E-state index in [4.69, 9.17) is 10.5 Å². The molecule has 0 saturated carbocycles. The Morgan fingerprint density at radius 1 is 1.59 bits per heavy atom. The Kier molecular flexibility index (Phi) is 5.54. The number of nitrogens with two attached hydrogens (primary N) is 1. The first-order valence-electron chi connectivity index (χ1n) is 5.49. The number of nitrogens with one attached hydrogen (secondary N) is 1. The second kappa shape index (κ2) is 6.68. The number of ether oxygens (including phenoxy) is 1. The summed E-state index contributed by atoms with van der Waals surface area (Å²) in [6.07, 6.45) is 0.794. The fourth-order valence-electron chi connectivity index (χ4n) is 1.49. The number of nitrogens with zero attached hydrogens (tertiary/aromatic N) is 1. The van der Waals surface area contributed by atoms with Crippen LogP contribution in [0.5, 0.6) is 0 Å². The predicted molar refractivity (Wildman–Crippen MR) is 68.2 cm³/mol. The molecule has 0 bridgehead atoms. The molecule has 6 heteroatoms. The Morgan fingerprint density at radius 3 is 2.82 bits per heavy atom. The van der Waals surface area contributed by atoms with Crippen molar-refractivity contribution in [1.82, 2.24) is 10.3 Å². The van der Waals surface area contributed by atoms with Crippen LogP contribution in [-0.4, -0.2) is 37.2 Å². The van der Waals surface area contributed by atoms with E-state index in [2.05, 4.69) is 10.3 Å². The van der Waals surface area contributed by atoms with Crippen molar-refractivity contribution < 1.29 is 9.53 Å². The lowest BCUT2D eigenvalue weighted by atomic mass is 10.2. The molecule has 1 aromatic heterocycles. The summed E-state index contributed by atoms with van der Waals surface area (Å²) in [5.41, 5.74) is 6.64. The van der Waals surface area contributed by atoms with Crippen LogP contribution in [0, 0.1) is 13.8 Å². The molecule has 1 aromatic rings. The quantitative estimate of drug-likeness (QED) is 0.773. The minimum atomic E-state index is -0.593. The average Bonchev–Trinajstić information content (AvgIpc) is 2.57. The van der Waals surface area contributed by atoms with E-state index in [-0.39, 0.29) is 12.5 Å². The van der Waals surface area contributed by atoms with E-state index in [1.165, 1.54) is 12.0 Å². The first kappa shape index (κ1) is 14.1. The molecule has 96 valence electrons. The highest BCUT2D eigenvalue weighted by Crippen LogP contribution is 2.16. The van der Waals surface area contributed by atoms with Crippen LogP contribution in [0.15, 0.2) is 0 Å². The number of rotatable bonds is 6. The van der Waals surface area contributed by atoms with Crippen molar-refractivity contribution in [3.05, 3.63) is 15.6 Å². The van der Waals surface area contributed by atoms with Gasteiger partial charge in [-0.25, -0.2) is 4.98 Å². The van der Waals surface area contributed by atoms with Crippen LogP contribution in [0.1, 0.15) is 15.6 Å². The molecule has 1 heterocycles. The van der Waals surface area contributed by atoms with E-state index in [0.717, 1.165) is 17.1 Å². The van der Waals surface area contributed by atoms with E-state index in [9.17, 15) is 4.79 Å². The van der Waals surface area contributed by atoms with Crippen LogP contribution < -0.4 is 11.1 Å². The van der Waals surface area contributed by atoms with E-state index >= 15 is 0 Å². The summed E-state index contributed by atoms with van der Waals surface area (Å²) in [7, 11) is 1.52. The van der Waals surface area contributed by atoms with Gasteiger partial charge >= 0.3 is 0 Å². The van der Waals surface area contributed by atoms with Crippen LogP contribution in [0.2, 0.25) is 0 Å². The third-order valence-corrected chi connectivity index (χ3v) is 3.47. The summed E-state index contributed by atoms with van der Waals surface area (Å²) in [5, 5.41) is 3.84. The van der Waals surface area contributed by atoms with Gasteiger partial charge in [-0.3, -0.25) is 4.79 Å². The van der Waals surface area contributed by atoms with Crippen LogP contribution >= 0.6 is 11.3 Å². The fourth-order valence-corrected chi connectivity index (χ4v) is 2.43. The van der Waals surface area contributed by atoms with Crippen LogP contribution in [0.3, 0.4) is 0 Å². The van der Waals surface area contributed by atoms with Gasteiger partial charge in [0.1, 0.15) is 6.04 Å². The first-order chi connectivity index (χ1) is 8.04. The smallest absolute Gasteiger partial charge is 0.239 e. The number of carbonyl (C=O) groups is 1. The zero-order valence-corrected chi connectivity index (χ0v) is 11.3. The third-order valence-electron chi connectivity index (χ3n) is 2.33. The van der Waals surface area contributed by atoms with Gasteiger partial charge in [0.2, 0.25) is 5.91 Å². The number of aromatic nitrogens is 1. The molecule has 1 atom stereocenters. The molecule has 1 unspecified atom stereocenters. The summed E-state index contributed by atoms with van der Waals surface area (Å²) in [5.74, 6) is -0.175. The Balaban J connectivity index is 2.33. The Morgan fingerprint density at radius 2 is 2.29 bits per heavy atom.